The van der Waals surface area contributed by atoms with Crippen LogP contribution < -0.4 is 0 Å². The number of carbonyl (C=O) groups is 2. The highest BCUT2D eigenvalue weighted by molar-refractivity contribution is 5.96. The minimum absolute atomic E-state index is 0.0237. The fraction of sp³-hybridized carbons (Fsp3) is 0.818. The molecular weight excluding hydrogens is 178 g/mol. The molecule has 3 heteroatoms. The van der Waals surface area contributed by atoms with Crippen LogP contribution >= 0.6 is 0 Å². The average Bonchev–Trinajstić information content (AvgIpc) is 2.17. The molecule has 0 aromatic carbocycles. The maximum absolute atomic E-state index is 11.6. The van der Waals surface area contributed by atoms with E-state index in [1.165, 1.54) is 26.2 Å². The molecule has 1 aliphatic carbocycles. The van der Waals surface area contributed by atoms with Gasteiger partial charge in [0.15, 0.2) is 0 Å². The molecule has 0 radical (unpaired) electrons. The molecule has 0 atom stereocenters. The maximum atomic E-state index is 11.6. The summed E-state index contributed by atoms with van der Waals surface area (Å²) in [5.41, 5.74) is 0. The van der Waals surface area contributed by atoms with Crippen molar-refractivity contribution >= 4 is 11.7 Å². The second-order valence-corrected chi connectivity index (χ2v) is 4.18. The van der Waals surface area contributed by atoms with Gasteiger partial charge in [0.05, 0.1) is 6.42 Å². The molecule has 3 nitrogen and oxygen atoms in total. The second kappa shape index (κ2) is 5.13. The number of hydrogen-bond donors (Lipinski definition) is 0. The van der Waals surface area contributed by atoms with Crippen LogP contribution in [0.5, 0.6) is 0 Å². The van der Waals surface area contributed by atoms with Gasteiger partial charge in [0.2, 0.25) is 5.91 Å². The van der Waals surface area contributed by atoms with Gasteiger partial charge in [-0.25, -0.2) is 0 Å². The third-order valence-electron chi connectivity index (χ3n) is 2.92. The Kier molecular flexibility index (Phi) is 4.11. The van der Waals surface area contributed by atoms with Gasteiger partial charge in [-0.3, -0.25) is 9.59 Å². The van der Waals surface area contributed by atoms with Crippen molar-refractivity contribution in [2.45, 2.75) is 51.5 Å². The van der Waals surface area contributed by atoms with Crippen molar-refractivity contribution in [1.82, 2.24) is 4.90 Å². The summed E-state index contributed by atoms with van der Waals surface area (Å²) in [5.74, 6) is -0.0675. The Morgan fingerprint density at radius 2 is 1.79 bits per heavy atom. The predicted octanol–water partition coefficient (Wildman–Crippen LogP) is 1.76. The van der Waals surface area contributed by atoms with E-state index in [9.17, 15) is 9.59 Å². The molecule has 0 aromatic rings. The number of rotatable bonds is 3. The molecule has 80 valence electrons. The van der Waals surface area contributed by atoms with Gasteiger partial charge in [-0.1, -0.05) is 19.3 Å². The van der Waals surface area contributed by atoms with E-state index in [0.717, 1.165) is 12.8 Å². The third-order valence-corrected chi connectivity index (χ3v) is 2.92. The van der Waals surface area contributed by atoms with E-state index < -0.39 is 0 Å². The lowest BCUT2D eigenvalue weighted by Crippen LogP contribution is -2.38. The van der Waals surface area contributed by atoms with E-state index in [-0.39, 0.29) is 18.1 Å². The Balaban J connectivity index is 2.41. The van der Waals surface area contributed by atoms with E-state index in [1.54, 1.807) is 4.90 Å². The normalized spacial score (nSPS) is 17.9. The monoisotopic (exact) mass is 197 g/mol. The Bertz CT molecular complexity index is 219. The first-order valence-corrected chi connectivity index (χ1v) is 5.36. The smallest absolute Gasteiger partial charge is 0.229 e. The Morgan fingerprint density at radius 1 is 1.21 bits per heavy atom. The van der Waals surface area contributed by atoms with E-state index in [1.807, 2.05) is 7.05 Å². The first-order chi connectivity index (χ1) is 6.61. The summed E-state index contributed by atoms with van der Waals surface area (Å²) in [4.78, 5) is 24.1. The highest BCUT2D eigenvalue weighted by atomic mass is 16.2. The van der Waals surface area contributed by atoms with E-state index in [0.29, 0.717) is 6.04 Å². The summed E-state index contributed by atoms with van der Waals surface area (Å²) in [5, 5.41) is 0. The van der Waals surface area contributed by atoms with Crippen molar-refractivity contribution in [3.8, 4) is 0 Å². The SMILES string of the molecule is CC(=O)CC(=O)N(C)C1CCCCC1. The Morgan fingerprint density at radius 3 is 2.29 bits per heavy atom. The van der Waals surface area contributed by atoms with Gasteiger partial charge in [0.1, 0.15) is 5.78 Å². The number of carbonyl (C=O) groups excluding carboxylic acids is 2. The zero-order chi connectivity index (χ0) is 10.6. The molecule has 1 aliphatic rings. The second-order valence-electron chi connectivity index (χ2n) is 4.18. The summed E-state index contributed by atoms with van der Waals surface area (Å²) in [7, 11) is 1.82. The van der Waals surface area contributed by atoms with Gasteiger partial charge in [-0.05, 0) is 19.8 Å². The number of ketones is 1. The third kappa shape index (κ3) is 3.13. The lowest BCUT2D eigenvalue weighted by molar-refractivity contribution is -0.135. The maximum Gasteiger partial charge on any atom is 0.229 e. The molecule has 0 N–H and O–H groups in total. The largest absolute Gasteiger partial charge is 0.342 e. The number of Topliss-reactive ketones (excluding diaryl/α,β-unsaturated/α-hetero) is 1. The highest BCUT2D eigenvalue weighted by Crippen LogP contribution is 2.21. The van der Waals surface area contributed by atoms with Gasteiger partial charge in [-0.15, -0.1) is 0 Å². The zero-order valence-corrected chi connectivity index (χ0v) is 9.08. The molecule has 0 aromatic heterocycles. The highest BCUT2D eigenvalue weighted by Gasteiger charge is 2.22. The molecule has 0 heterocycles. The van der Waals surface area contributed by atoms with Crippen LogP contribution in [-0.2, 0) is 9.59 Å². The molecule has 0 bridgehead atoms. The minimum atomic E-state index is -0.0438. The number of amides is 1. The van der Waals surface area contributed by atoms with Gasteiger partial charge in [0.25, 0.3) is 0 Å². The summed E-state index contributed by atoms with van der Waals surface area (Å²) < 4.78 is 0. The quantitative estimate of drug-likeness (QED) is 0.646. The van der Waals surface area contributed by atoms with Crippen LogP contribution in [0.1, 0.15) is 45.4 Å². The van der Waals surface area contributed by atoms with Crippen LogP contribution in [0.3, 0.4) is 0 Å². The topological polar surface area (TPSA) is 37.4 Å². The first kappa shape index (κ1) is 11.2. The first-order valence-electron chi connectivity index (χ1n) is 5.36. The van der Waals surface area contributed by atoms with Crippen LogP contribution in [0.4, 0.5) is 0 Å². The molecule has 1 saturated carbocycles. The minimum Gasteiger partial charge on any atom is -0.342 e. The molecule has 0 aliphatic heterocycles. The molecule has 0 unspecified atom stereocenters. The number of nitrogens with zero attached hydrogens (tertiary/aromatic N) is 1. The molecule has 0 spiro atoms. The van der Waals surface area contributed by atoms with Gasteiger partial charge < -0.3 is 4.90 Å². The molecule has 1 fully saturated rings. The Labute approximate surface area is 85.5 Å². The summed E-state index contributed by atoms with van der Waals surface area (Å²) in [6.45, 7) is 1.46. The van der Waals surface area contributed by atoms with Crippen LogP contribution in [-0.4, -0.2) is 29.7 Å². The summed E-state index contributed by atoms with van der Waals surface area (Å²) in [6.07, 6.45) is 5.96. The van der Waals surface area contributed by atoms with Crippen molar-refractivity contribution in [3.63, 3.8) is 0 Å². The fourth-order valence-corrected chi connectivity index (χ4v) is 2.01. The predicted molar refractivity (Wildman–Crippen MR) is 54.9 cm³/mol. The zero-order valence-electron chi connectivity index (χ0n) is 9.08. The van der Waals surface area contributed by atoms with Crippen molar-refractivity contribution in [2.24, 2.45) is 0 Å². The van der Waals surface area contributed by atoms with Gasteiger partial charge in [-0.2, -0.15) is 0 Å². The van der Waals surface area contributed by atoms with Crippen molar-refractivity contribution in [2.75, 3.05) is 7.05 Å². The molecule has 1 rings (SSSR count). The van der Waals surface area contributed by atoms with E-state index in [2.05, 4.69) is 0 Å². The molecular formula is C11H19NO2. The molecule has 14 heavy (non-hydrogen) atoms. The molecule has 1 amide bonds. The standard InChI is InChI=1S/C11H19NO2/c1-9(13)8-11(14)12(2)10-6-4-3-5-7-10/h10H,3-8H2,1-2H3. The molecule has 0 saturated heterocycles. The van der Waals surface area contributed by atoms with Crippen LogP contribution in [0.15, 0.2) is 0 Å². The van der Waals surface area contributed by atoms with Crippen LogP contribution in [0.25, 0.3) is 0 Å². The van der Waals surface area contributed by atoms with Crippen LogP contribution in [0.2, 0.25) is 0 Å². The lowest BCUT2D eigenvalue weighted by Gasteiger charge is -2.31. The average molecular weight is 197 g/mol. The van der Waals surface area contributed by atoms with Gasteiger partial charge >= 0.3 is 0 Å². The fourth-order valence-electron chi connectivity index (χ4n) is 2.01. The summed E-state index contributed by atoms with van der Waals surface area (Å²) >= 11 is 0. The van der Waals surface area contributed by atoms with Crippen molar-refractivity contribution < 1.29 is 9.59 Å². The van der Waals surface area contributed by atoms with Crippen molar-refractivity contribution in [1.29, 1.82) is 0 Å². The lowest BCUT2D eigenvalue weighted by atomic mass is 9.94. The van der Waals surface area contributed by atoms with Gasteiger partial charge in [0, 0.05) is 13.1 Å². The Hall–Kier alpha value is -0.860. The van der Waals surface area contributed by atoms with E-state index in [4.69, 9.17) is 0 Å². The van der Waals surface area contributed by atoms with Crippen molar-refractivity contribution in [3.05, 3.63) is 0 Å². The number of hydrogen-bond acceptors (Lipinski definition) is 2. The van der Waals surface area contributed by atoms with E-state index >= 15 is 0 Å². The van der Waals surface area contributed by atoms with Crippen LogP contribution in [0, 0.1) is 0 Å². The summed E-state index contributed by atoms with van der Waals surface area (Å²) in [6, 6.07) is 0.371.